The first-order chi connectivity index (χ1) is 18.6. The predicted octanol–water partition coefficient (Wildman–Crippen LogP) is 5.97. The molecule has 0 radical (unpaired) electrons. The second kappa shape index (κ2) is 17.3. The van der Waals surface area contributed by atoms with Crippen molar-refractivity contribution in [2.45, 2.75) is 97.3 Å². The van der Waals surface area contributed by atoms with Gasteiger partial charge in [0.2, 0.25) is 19.6 Å². The first-order valence-electron chi connectivity index (χ1n) is 14.6. The minimum atomic E-state index is -3.60. The molecule has 0 spiro atoms. The van der Waals surface area contributed by atoms with Gasteiger partial charge in [0.15, 0.2) is 0 Å². The van der Waals surface area contributed by atoms with E-state index in [9.17, 15) is 24.1 Å². The van der Waals surface area contributed by atoms with Crippen LogP contribution in [-0.4, -0.2) is 96.8 Å². The van der Waals surface area contributed by atoms with E-state index in [-0.39, 0.29) is 71.2 Å². The molecular formula is C30H48CaNO7P. The van der Waals surface area contributed by atoms with Crippen LogP contribution in [0.4, 0.5) is 0 Å². The van der Waals surface area contributed by atoms with Crippen LogP contribution >= 0.6 is 7.37 Å². The number of aliphatic carboxylic acids is 1. The van der Waals surface area contributed by atoms with Gasteiger partial charge in [0.05, 0.1) is 0 Å². The summed E-state index contributed by atoms with van der Waals surface area (Å²) in [7, 11) is -3.60. The van der Waals surface area contributed by atoms with Crippen molar-refractivity contribution in [2.24, 2.45) is 17.8 Å². The first kappa shape index (κ1) is 35.3. The Bertz CT molecular complexity index is 1010. The van der Waals surface area contributed by atoms with Crippen LogP contribution in [0.5, 0.6) is 0 Å². The Morgan fingerprint density at radius 1 is 1.07 bits per heavy atom. The molecule has 1 aromatic carbocycles. The number of carbonyl (C=O) groups is 3. The summed E-state index contributed by atoms with van der Waals surface area (Å²) < 4.78 is 25.7. The van der Waals surface area contributed by atoms with Crippen molar-refractivity contribution in [3.63, 3.8) is 0 Å². The zero-order chi connectivity index (χ0) is 28.4. The summed E-state index contributed by atoms with van der Waals surface area (Å²) in [5, 5.41) is 9.92. The second-order valence-electron chi connectivity index (χ2n) is 11.5. The molecule has 1 saturated heterocycles. The maximum atomic E-state index is 14.2. The summed E-state index contributed by atoms with van der Waals surface area (Å²) in [4.78, 5) is 39.2. The number of amides is 1. The van der Waals surface area contributed by atoms with Gasteiger partial charge in [0.25, 0.3) is 0 Å². The second-order valence-corrected chi connectivity index (χ2v) is 14.1. The molecule has 1 saturated carbocycles. The number of hydrogen-bond donors (Lipinski definition) is 1. The van der Waals surface area contributed by atoms with Crippen molar-refractivity contribution in [3.8, 4) is 0 Å². The van der Waals surface area contributed by atoms with Gasteiger partial charge in [-0.1, -0.05) is 83.2 Å². The van der Waals surface area contributed by atoms with E-state index in [0.29, 0.717) is 25.3 Å². The number of likely N-dealkylation sites (tertiary alicyclic amines) is 1. The molecule has 4 atom stereocenters. The molecule has 2 aliphatic rings. The third-order valence-electron chi connectivity index (χ3n) is 8.07. The molecule has 8 nitrogen and oxygen atoms in total. The smallest absolute Gasteiger partial charge is 1.00 e. The van der Waals surface area contributed by atoms with Gasteiger partial charge in [0, 0.05) is 25.0 Å². The van der Waals surface area contributed by atoms with Crippen molar-refractivity contribution >= 4 is 63.0 Å². The van der Waals surface area contributed by atoms with E-state index in [1.807, 2.05) is 44.2 Å². The number of ether oxygens (including phenoxy) is 1. The van der Waals surface area contributed by atoms with E-state index in [1.54, 1.807) is 6.92 Å². The van der Waals surface area contributed by atoms with Crippen LogP contribution in [0.2, 0.25) is 0 Å². The Morgan fingerprint density at radius 3 is 2.35 bits per heavy atom. The molecule has 1 heterocycles. The normalized spacial score (nSPS) is 21.9. The molecule has 0 bridgehead atoms. The van der Waals surface area contributed by atoms with E-state index < -0.39 is 37.5 Å². The SMILES string of the molecule is CCC(=O)O[C@H](O[P@](=O)(CCCCc1ccccc1)CC(=O)N1C[C@H](C2CCCCC2)C[C@H]1C(=O)O)C(C)C.[Ca+2].[H-].[H-]. The zero-order valence-electron chi connectivity index (χ0n) is 26.5. The summed E-state index contributed by atoms with van der Waals surface area (Å²) in [5.74, 6) is -1.61. The maximum absolute atomic E-state index is 14.2. The van der Waals surface area contributed by atoms with Crippen molar-refractivity contribution in [1.29, 1.82) is 0 Å². The zero-order valence-corrected chi connectivity index (χ0v) is 27.6. The van der Waals surface area contributed by atoms with Gasteiger partial charge >= 0.3 is 49.7 Å². The molecule has 10 heteroatoms. The maximum Gasteiger partial charge on any atom is 2.00 e. The van der Waals surface area contributed by atoms with E-state index >= 15 is 0 Å². The molecule has 1 amide bonds. The number of nitrogens with zero attached hydrogens (tertiary/aromatic N) is 1. The predicted molar refractivity (Wildman–Crippen MR) is 159 cm³/mol. The summed E-state index contributed by atoms with van der Waals surface area (Å²) in [5.41, 5.74) is 1.18. The third kappa shape index (κ3) is 10.7. The molecular weight excluding hydrogens is 557 g/mol. The van der Waals surface area contributed by atoms with Gasteiger partial charge in [-0.05, 0) is 43.1 Å². The minimum absolute atomic E-state index is 0. The Kier molecular flexibility index (Phi) is 15.2. The first-order valence-corrected chi connectivity index (χ1v) is 16.6. The summed E-state index contributed by atoms with van der Waals surface area (Å²) >= 11 is 0. The Balaban J connectivity index is 0.00000560. The fourth-order valence-electron chi connectivity index (χ4n) is 5.80. The Morgan fingerprint density at radius 2 is 1.75 bits per heavy atom. The number of benzene rings is 1. The van der Waals surface area contributed by atoms with Crippen LogP contribution in [0.3, 0.4) is 0 Å². The standard InChI is InChI=1S/C30H46NO7P.Ca.2H/c1-4-28(33)37-30(22(2)3)38-39(36,18-12-11-15-23-13-7-5-8-14-23)21-27(32)31-20-25(19-26(31)29(34)35)24-16-9-6-10-17-24;;;/h5,7-8,13-14,22,24-26,30H,4,6,9-12,15-21H2,1-3H3,(H,34,35);;;/q;+2;2*-1/t25-,26+,30-,39-;;;/m1.../s1. The quantitative estimate of drug-likeness (QED) is 0.0915. The van der Waals surface area contributed by atoms with Gasteiger partial charge in [-0.25, -0.2) is 4.79 Å². The number of aryl methyl sites for hydroxylation is 1. The molecule has 40 heavy (non-hydrogen) atoms. The largest absolute Gasteiger partial charge is 2.00 e. The topological polar surface area (TPSA) is 110 Å². The molecule has 2 fully saturated rings. The van der Waals surface area contributed by atoms with Crippen molar-refractivity contribution < 1.29 is 36.2 Å². The molecule has 0 unspecified atom stereocenters. The summed E-state index contributed by atoms with van der Waals surface area (Å²) in [6.45, 7) is 5.68. The number of rotatable bonds is 14. The van der Waals surface area contributed by atoms with Crippen LogP contribution < -0.4 is 0 Å². The van der Waals surface area contributed by atoms with Gasteiger partial charge in [-0.15, -0.1) is 0 Å². The summed E-state index contributed by atoms with van der Waals surface area (Å²) in [6, 6.07) is 9.10. The van der Waals surface area contributed by atoms with Gasteiger partial charge < -0.3 is 17.6 Å². The Labute approximate surface area is 272 Å². The van der Waals surface area contributed by atoms with Crippen LogP contribution in [0, 0.1) is 17.8 Å². The molecule has 222 valence electrons. The monoisotopic (exact) mass is 605 g/mol. The van der Waals surface area contributed by atoms with Crippen LogP contribution in [0.1, 0.15) is 87.0 Å². The van der Waals surface area contributed by atoms with Crippen LogP contribution in [0.25, 0.3) is 0 Å². The van der Waals surface area contributed by atoms with Gasteiger partial charge in [-0.3, -0.25) is 18.7 Å². The summed E-state index contributed by atoms with van der Waals surface area (Å²) in [6.07, 6.45) is 7.12. The molecule has 1 aliphatic heterocycles. The van der Waals surface area contributed by atoms with Crippen LogP contribution in [0.15, 0.2) is 30.3 Å². The van der Waals surface area contributed by atoms with E-state index in [1.165, 1.54) is 16.9 Å². The van der Waals surface area contributed by atoms with E-state index in [0.717, 1.165) is 38.5 Å². The Hall–Kier alpha value is -0.920. The molecule has 1 aromatic rings. The van der Waals surface area contributed by atoms with Crippen molar-refractivity contribution in [2.75, 3.05) is 18.9 Å². The number of carbonyl (C=O) groups excluding carboxylic acids is 2. The molecule has 1 N–H and O–H groups in total. The molecule has 1 aliphatic carbocycles. The number of hydrogen-bond acceptors (Lipinski definition) is 6. The van der Waals surface area contributed by atoms with E-state index in [2.05, 4.69) is 0 Å². The minimum Gasteiger partial charge on any atom is -1.00 e. The number of esters is 1. The number of unbranched alkanes of at least 4 members (excludes halogenated alkanes) is 1. The van der Waals surface area contributed by atoms with E-state index in [4.69, 9.17) is 9.26 Å². The number of carboxylic acid groups (broad SMARTS) is 1. The molecule has 0 aromatic heterocycles. The van der Waals surface area contributed by atoms with Gasteiger partial charge in [-0.2, -0.15) is 0 Å². The fourth-order valence-corrected chi connectivity index (χ4v) is 8.10. The average molecular weight is 606 g/mol. The number of carboxylic acids is 1. The van der Waals surface area contributed by atoms with Crippen molar-refractivity contribution in [1.82, 2.24) is 4.90 Å². The van der Waals surface area contributed by atoms with Gasteiger partial charge in [0.1, 0.15) is 12.2 Å². The fraction of sp³-hybridized carbons (Fsp3) is 0.700. The van der Waals surface area contributed by atoms with Crippen LogP contribution in [-0.2, 0) is 34.6 Å². The average Bonchev–Trinajstić information content (AvgIpc) is 3.38. The third-order valence-corrected chi connectivity index (χ3v) is 10.4. The molecule has 3 rings (SSSR count). The van der Waals surface area contributed by atoms with Crippen molar-refractivity contribution in [3.05, 3.63) is 35.9 Å².